The van der Waals surface area contributed by atoms with Crippen molar-refractivity contribution in [3.63, 3.8) is 0 Å². The lowest BCUT2D eigenvalue weighted by atomic mass is 9.88. The maximum absolute atomic E-state index is 13.0. The Morgan fingerprint density at radius 1 is 1.40 bits per heavy atom. The minimum atomic E-state index is -2.59. The van der Waals surface area contributed by atoms with Gasteiger partial charge in [0, 0.05) is 24.9 Å². The van der Waals surface area contributed by atoms with E-state index in [1.165, 1.54) is 12.4 Å². The molecule has 0 aliphatic heterocycles. The van der Waals surface area contributed by atoms with Gasteiger partial charge >= 0.3 is 5.97 Å². The van der Waals surface area contributed by atoms with E-state index in [0.717, 1.165) is 5.69 Å². The standard InChI is InChI=1S/C16H19F2N5O2/c1-4-25-15(24)12-5-13(20-8-19-12)23-10(3)14(9(2)22-23)21-11-6-16(17,18)7-11/h5,8,11,21H,4,6-7H2,1-3H3. The number of carbonyl (C=O) groups is 1. The quantitative estimate of drug-likeness (QED) is 0.834. The third kappa shape index (κ3) is 3.45. The fourth-order valence-electron chi connectivity index (χ4n) is 2.82. The van der Waals surface area contributed by atoms with E-state index in [9.17, 15) is 13.6 Å². The van der Waals surface area contributed by atoms with Crippen LogP contribution >= 0.6 is 0 Å². The predicted octanol–water partition coefficient (Wildman–Crippen LogP) is 2.67. The van der Waals surface area contributed by atoms with Gasteiger partial charge in [0.05, 0.1) is 23.7 Å². The third-order valence-corrected chi connectivity index (χ3v) is 4.08. The van der Waals surface area contributed by atoms with Crippen molar-refractivity contribution in [2.75, 3.05) is 11.9 Å². The van der Waals surface area contributed by atoms with Crippen LogP contribution in [0.4, 0.5) is 14.5 Å². The Kier molecular flexibility index (Phi) is 4.40. The molecule has 1 aliphatic rings. The SMILES string of the molecule is CCOC(=O)c1cc(-n2nc(C)c(NC3CC(F)(F)C3)c2C)ncn1. The molecule has 0 atom stereocenters. The summed E-state index contributed by atoms with van der Waals surface area (Å²) in [6.07, 6.45) is 0.896. The first-order chi connectivity index (χ1) is 11.8. The molecule has 0 saturated heterocycles. The highest BCUT2D eigenvalue weighted by atomic mass is 19.3. The second-order valence-corrected chi connectivity index (χ2v) is 6.05. The van der Waals surface area contributed by atoms with Gasteiger partial charge in [-0.2, -0.15) is 5.10 Å². The summed E-state index contributed by atoms with van der Waals surface area (Å²) in [5.41, 5.74) is 2.23. The average molecular weight is 351 g/mol. The van der Waals surface area contributed by atoms with Crippen LogP contribution in [-0.4, -0.2) is 44.3 Å². The van der Waals surface area contributed by atoms with Crippen molar-refractivity contribution in [1.82, 2.24) is 19.7 Å². The zero-order valence-corrected chi connectivity index (χ0v) is 14.2. The smallest absolute Gasteiger partial charge is 0.357 e. The molecule has 0 bridgehead atoms. The number of esters is 1. The molecule has 3 rings (SSSR count). The molecule has 0 amide bonds. The maximum atomic E-state index is 13.0. The van der Waals surface area contributed by atoms with E-state index in [1.54, 1.807) is 18.5 Å². The van der Waals surface area contributed by atoms with Crippen LogP contribution in [0.2, 0.25) is 0 Å². The molecule has 1 saturated carbocycles. The number of ether oxygens (including phenoxy) is 1. The van der Waals surface area contributed by atoms with Gasteiger partial charge in [0.1, 0.15) is 6.33 Å². The Morgan fingerprint density at radius 2 is 2.12 bits per heavy atom. The first-order valence-corrected chi connectivity index (χ1v) is 8.01. The lowest BCUT2D eigenvalue weighted by Gasteiger charge is -2.36. The van der Waals surface area contributed by atoms with E-state index in [2.05, 4.69) is 20.4 Å². The van der Waals surface area contributed by atoms with Crippen molar-refractivity contribution >= 4 is 11.7 Å². The molecule has 134 valence electrons. The summed E-state index contributed by atoms with van der Waals surface area (Å²) in [6.45, 7) is 5.56. The van der Waals surface area contributed by atoms with Crippen molar-refractivity contribution in [2.45, 2.75) is 45.6 Å². The molecule has 25 heavy (non-hydrogen) atoms. The molecule has 1 fully saturated rings. The van der Waals surface area contributed by atoms with Gasteiger partial charge < -0.3 is 10.1 Å². The first kappa shape index (κ1) is 17.2. The van der Waals surface area contributed by atoms with Gasteiger partial charge in [-0.1, -0.05) is 0 Å². The first-order valence-electron chi connectivity index (χ1n) is 8.01. The molecule has 0 radical (unpaired) electrons. The second-order valence-electron chi connectivity index (χ2n) is 6.05. The largest absolute Gasteiger partial charge is 0.461 e. The molecule has 2 aromatic rings. The number of carbonyl (C=O) groups excluding carboxylic acids is 1. The molecule has 2 heterocycles. The molecule has 2 aromatic heterocycles. The molecule has 9 heteroatoms. The van der Waals surface area contributed by atoms with Crippen molar-refractivity contribution in [2.24, 2.45) is 0 Å². The van der Waals surface area contributed by atoms with Crippen molar-refractivity contribution in [3.8, 4) is 5.82 Å². The van der Waals surface area contributed by atoms with Crippen LogP contribution in [0.15, 0.2) is 12.4 Å². The molecule has 0 aromatic carbocycles. The summed E-state index contributed by atoms with van der Waals surface area (Å²) < 4.78 is 32.5. The number of rotatable bonds is 5. The number of anilines is 1. The topological polar surface area (TPSA) is 81.9 Å². The normalized spacial score (nSPS) is 16.4. The summed E-state index contributed by atoms with van der Waals surface area (Å²) in [5, 5.41) is 7.52. The van der Waals surface area contributed by atoms with E-state index in [-0.39, 0.29) is 31.2 Å². The van der Waals surface area contributed by atoms with E-state index < -0.39 is 11.9 Å². The summed E-state index contributed by atoms with van der Waals surface area (Å²) in [6, 6.07) is 1.21. The van der Waals surface area contributed by atoms with Crippen LogP contribution in [0.3, 0.4) is 0 Å². The van der Waals surface area contributed by atoms with Crippen LogP contribution in [-0.2, 0) is 4.74 Å². The molecular formula is C16H19F2N5O2. The van der Waals surface area contributed by atoms with Crippen molar-refractivity contribution < 1.29 is 18.3 Å². The molecule has 1 N–H and O–H groups in total. The summed E-state index contributed by atoms with van der Waals surface area (Å²) >= 11 is 0. The fraction of sp³-hybridized carbons (Fsp3) is 0.500. The lowest BCUT2D eigenvalue weighted by molar-refractivity contribution is -0.0793. The predicted molar refractivity (Wildman–Crippen MR) is 86.2 cm³/mol. The van der Waals surface area contributed by atoms with Gasteiger partial charge in [0.15, 0.2) is 11.5 Å². The number of halogens is 2. The second kappa shape index (κ2) is 6.38. The number of nitrogens with one attached hydrogen (secondary N) is 1. The molecule has 0 unspecified atom stereocenters. The zero-order chi connectivity index (χ0) is 18.2. The Labute approximate surface area is 143 Å². The Morgan fingerprint density at radius 3 is 2.76 bits per heavy atom. The fourth-order valence-corrected chi connectivity index (χ4v) is 2.82. The minimum Gasteiger partial charge on any atom is -0.461 e. The van der Waals surface area contributed by atoms with Gasteiger partial charge in [-0.25, -0.2) is 28.2 Å². The van der Waals surface area contributed by atoms with Gasteiger partial charge in [-0.15, -0.1) is 0 Å². The van der Waals surface area contributed by atoms with Crippen LogP contribution in [0.1, 0.15) is 41.6 Å². The van der Waals surface area contributed by atoms with E-state index in [0.29, 0.717) is 17.2 Å². The number of nitrogens with zero attached hydrogens (tertiary/aromatic N) is 4. The zero-order valence-electron chi connectivity index (χ0n) is 14.2. The number of aromatic nitrogens is 4. The van der Waals surface area contributed by atoms with Crippen LogP contribution in [0, 0.1) is 13.8 Å². The molecular weight excluding hydrogens is 332 g/mol. The van der Waals surface area contributed by atoms with Crippen LogP contribution < -0.4 is 5.32 Å². The maximum Gasteiger partial charge on any atom is 0.357 e. The lowest BCUT2D eigenvalue weighted by Crippen LogP contribution is -2.44. The van der Waals surface area contributed by atoms with Crippen molar-refractivity contribution in [1.29, 1.82) is 0 Å². The number of alkyl halides is 2. The highest BCUT2D eigenvalue weighted by molar-refractivity contribution is 5.87. The molecule has 7 nitrogen and oxygen atoms in total. The van der Waals surface area contributed by atoms with Crippen LogP contribution in [0.5, 0.6) is 0 Å². The van der Waals surface area contributed by atoms with Gasteiger partial charge in [0.25, 0.3) is 5.92 Å². The molecule has 0 spiro atoms. The van der Waals surface area contributed by atoms with E-state index in [4.69, 9.17) is 4.74 Å². The van der Waals surface area contributed by atoms with Crippen LogP contribution in [0.25, 0.3) is 5.82 Å². The summed E-state index contributed by atoms with van der Waals surface area (Å²) in [5.74, 6) is -2.72. The Balaban J connectivity index is 1.85. The van der Waals surface area contributed by atoms with Gasteiger partial charge in [-0.05, 0) is 20.8 Å². The number of hydrogen-bond donors (Lipinski definition) is 1. The van der Waals surface area contributed by atoms with E-state index in [1.807, 2.05) is 6.92 Å². The average Bonchev–Trinajstić information content (AvgIpc) is 2.82. The number of hydrogen-bond acceptors (Lipinski definition) is 6. The van der Waals surface area contributed by atoms with Gasteiger partial charge in [-0.3, -0.25) is 0 Å². The van der Waals surface area contributed by atoms with Gasteiger partial charge in [0.2, 0.25) is 0 Å². The minimum absolute atomic E-state index is 0.132. The summed E-state index contributed by atoms with van der Waals surface area (Å²) in [7, 11) is 0. The molecule has 1 aliphatic carbocycles. The monoisotopic (exact) mass is 351 g/mol. The summed E-state index contributed by atoms with van der Waals surface area (Å²) in [4.78, 5) is 19.9. The van der Waals surface area contributed by atoms with E-state index >= 15 is 0 Å². The third-order valence-electron chi connectivity index (χ3n) is 4.08. The Bertz CT molecular complexity index is 798. The van der Waals surface area contributed by atoms with Crippen molar-refractivity contribution in [3.05, 3.63) is 29.5 Å². The highest BCUT2D eigenvalue weighted by Gasteiger charge is 2.45. The highest BCUT2D eigenvalue weighted by Crippen LogP contribution is 2.40. The number of aryl methyl sites for hydroxylation is 1. The Hall–Kier alpha value is -2.58.